The monoisotopic (exact) mass is 347 g/mol. The Hall–Kier alpha value is -3.07. The molecule has 0 saturated carbocycles. The number of benzene rings is 2. The molecule has 3 N–H and O–H groups in total. The summed E-state index contributed by atoms with van der Waals surface area (Å²) in [4.78, 5) is 24.6. The van der Waals surface area contributed by atoms with Crippen LogP contribution in [0.3, 0.4) is 0 Å². The van der Waals surface area contributed by atoms with Gasteiger partial charge in [0.05, 0.1) is 16.1 Å². The van der Waals surface area contributed by atoms with Crippen molar-refractivity contribution in [3.05, 3.63) is 53.0 Å². The van der Waals surface area contributed by atoms with E-state index >= 15 is 0 Å². The van der Waals surface area contributed by atoms with Crippen LogP contribution in [0.15, 0.2) is 56.6 Å². The van der Waals surface area contributed by atoms with E-state index in [1.54, 1.807) is 0 Å². The number of hydrogen-bond acceptors (Lipinski definition) is 5. The van der Waals surface area contributed by atoms with E-state index in [1.807, 2.05) is 0 Å². The Balaban J connectivity index is 1.86. The van der Waals surface area contributed by atoms with Gasteiger partial charge in [0.2, 0.25) is 5.91 Å². The van der Waals surface area contributed by atoms with Crippen LogP contribution >= 0.6 is 0 Å². The van der Waals surface area contributed by atoms with Crippen LogP contribution in [-0.4, -0.2) is 19.3 Å². The standard InChI is InChI=1S/C15H13N3O5S/c1-9(19)16-10-2-5-12(6-3-10)24(21,22)18-11-4-7-14-13(8-11)17-15(20)23-14/h2-8,18H,1H3,(H,16,19)(H,17,20). The van der Waals surface area contributed by atoms with E-state index < -0.39 is 15.8 Å². The second kappa shape index (κ2) is 5.85. The lowest BCUT2D eigenvalue weighted by Gasteiger charge is -2.09. The van der Waals surface area contributed by atoms with Crippen LogP contribution in [0.4, 0.5) is 11.4 Å². The number of aromatic nitrogens is 1. The molecule has 9 heteroatoms. The number of oxazole rings is 1. The van der Waals surface area contributed by atoms with Gasteiger partial charge in [-0.2, -0.15) is 0 Å². The van der Waals surface area contributed by atoms with E-state index in [1.165, 1.54) is 49.4 Å². The van der Waals surface area contributed by atoms with Crippen LogP contribution in [0.2, 0.25) is 0 Å². The minimum absolute atomic E-state index is 0.0392. The molecule has 0 spiro atoms. The van der Waals surface area contributed by atoms with Crippen molar-refractivity contribution < 1.29 is 17.6 Å². The maximum atomic E-state index is 12.4. The third kappa shape index (κ3) is 3.30. The van der Waals surface area contributed by atoms with Crippen molar-refractivity contribution >= 4 is 38.4 Å². The second-order valence-electron chi connectivity index (χ2n) is 5.04. The number of amides is 1. The molecular formula is C15H13N3O5S. The Morgan fingerprint density at radius 2 is 1.75 bits per heavy atom. The van der Waals surface area contributed by atoms with E-state index in [0.717, 1.165) is 0 Å². The fourth-order valence-electron chi connectivity index (χ4n) is 2.15. The van der Waals surface area contributed by atoms with Crippen molar-refractivity contribution in [3.63, 3.8) is 0 Å². The van der Waals surface area contributed by atoms with Gasteiger partial charge in [-0.05, 0) is 42.5 Å². The third-order valence-corrected chi connectivity index (χ3v) is 4.55. The number of anilines is 2. The average Bonchev–Trinajstić information content (AvgIpc) is 2.86. The number of carbonyl (C=O) groups is 1. The van der Waals surface area contributed by atoms with Crippen LogP contribution in [0, 0.1) is 0 Å². The fraction of sp³-hybridized carbons (Fsp3) is 0.0667. The van der Waals surface area contributed by atoms with Gasteiger partial charge in [-0.1, -0.05) is 0 Å². The largest absolute Gasteiger partial charge is 0.417 e. The maximum Gasteiger partial charge on any atom is 0.417 e. The lowest BCUT2D eigenvalue weighted by Crippen LogP contribution is -2.13. The number of carbonyl (C=O) groups excluding carboxylic acids is 1. The van der Waals surface area contributed by atoms with Gasteiger partial charge in [0.25, 0.3) is 10.0 Å². The van der Waals surface area contributed by atoms with Crippen molar-refractivity contribution in [2.24, 2.45) is 0 Å². The average molecular weight is 347 g/mol. The lowest BCUT2D eigenvalue weighted by atomic mass is 10.3. The number of fused-ring (bicyclic) bond motifs is 1. The number of H-pyrrole nitrogens is 1. The first kappa shape index (κ1) is 15.8. The van der Waals surface area contributed by atoms with E-state index in [9.17, 15) is 18.0 Å². The maximum absolute atomic E-state index is 12.4. The van der Waals surface area contributed by atoms with Crippen molar-refractivity contribution in [1.29, 1.82) is 0 Å². The first-order valence-corrected chi connectivity index (χ1v) is 8.35. The highest BCUT2D eigenvalue weighted by molar-refractivity contribution is 7.92. The fourth-order valence-corrected chi connectivity index (χ4v) is 3.20. The van der Waals surface area contributed by atoms with Crippen molar-refractivity contribution in [2.75, 3.05) is 10.0 Å². The molecule has 124 valence electrons. The molecule has 1 heterocycles. The Labute approximate surface area is 136 Å². The molecule has 0 aliphatic rings. The number of sulfonamides is 1. The first-order valence-electron chi connectivity index (χ1n) is 6.87. The predicted octanol–water partition coefficient (Wildman–Crippen LogP) is 1.88. The quantitative estimate of drug-likeness (QED) is 0.665. The summed E-state index contributed by atoms with van der Waals surface area (Å²) < 4.78 is 32.0. The van der Waals surface area contributed by atoms with Crippen molar-refractivity contribution in [2.45, 2.75) is 11.8 Å². The minimum atomic E-state index is -3.81. The van der Waals surface area contributed by atoms with Crippen LogP contribution in [0.1, 0.15) is 6.92 Å². The summed E-state index contributed by atoms with van der Waals surface area (Å²) in [6.45, 7) is 1.36. The molecule has 0 fully saturated rings. The summed E-state index contributed by atoms with van der Waals surface area (Å²) in [6.07, 6.45) is 0. The van der Waals surface area contributed by atoms with Gasteiger partial charge in [0.1, 0.15) is 0 Å². The van der Waals surface area contributed by atoms with Crippen molar-refractivity contribution in [1.82, 2.24) is 4.98 Å². The molecule has 2 aromatic carbocycles. The second-order valence-corrected chi connectivity index (χ2v) is 6.72. The minimum Gasteiger partial charge on any atom is -0.408 e. The number of aromatic amines is 1. The lowest BCUT2D eigenvalue weighted by molar-refractivity contribution is -0.114. The first-order chi connectivity index (χ1) is 11.3. The molecule has 0 aliphatic heterocycles. The molecule has 3 rings (SSSR count). The van der Waals surface area contributed by atoms with Crippen LogP contribution < -0.4 is 15.8 Å². The van der Waals surface area contributed by atoms with Gasteiger partial charge in [-0.15, -0.1) is 0 Å². The van der Waals surface area contributed by atoms with E-state index in [0.29, 0.717) is 16.8 Å². The third-order valence-electron chi connectivity index (χ3n) is 3.16. The van der Waals surface area contributed by atoms with E-state index in [2.05, 4.69) is 15.0 Å². The number of hydrogen-bond donors (Lipinski definition) is 3. The molecule has 8 nitrogen and oxygen atoms in total. The van der Waals surface area contributed by atoms with Gasteiger partial charge in [-0.25, -0.2) is 13.2 Å². The zero-order chi connectivity index (χ0) is 17.3. The summed E-state index contributed by atoms with van der Waals surface area (Å²) in [7, 11) is -3.81. The number of rotatable bonds is 4. The Kier molecular flexibility index (Phi) is 3.86. The molecular weight excluding hydrogens is 334 g/mol. The zero-order valence-electron chi connectivity index (χ0n) is 12.5. The molecule has 0 bridgehead atoms. The highest BCUT2D eigenvalue weighted by atomic mass is 32.2. The molecule has 0 radical (unpaired) electrons. The molecule has 24 heavy (non-hydrogen) atoms. The molecule has 0 unspecified atom stereocenters. The summed E-state index contributed by atoms with van der Waals surface area (Å²) in [5, 5.41) is 2.56. The van der Waals surface area contributed by atoms with Crippen molar-refractivity contribution in [3.8, 4) is 0 Å². The molecule has 0 aliphatic carbocycles. The normalized spacial score (nSPS) is 11.4. The van der Waals surface area contributed by atoms with Crippen LogP contribution in [0.5, 0.6) is 0 Å². The Morgan fingerprint density at radius 1 is 1.08 bits per heavy atom. The van der Waals surface area contributed by atoms with E-state index in [4.69, 9.17) is 4.42 Å². The zero-order valence-corrected chi connectivity index (χ0v) is 13.3. The van der Waals surface area contributed by atoms with Gasteiger partial charge in [-0.3, -0.25) is 14.5 Å². The van der Waals surface area contributed by atoms with E-state index in [-0.39, 0.29) is 16.5 Å². The molecule has 0 atom stereocenters. The van der Waals surface area contributed by atoms with Gasteiger partial charge in [0, 0.05) is 12.6 Å². The number of nitrogens with one attached hydrogen (secondary N) is 3. The predicted molar refractivity (Wildman–Crippen MR) is 88.4 cm³/mol. The summed E-state index contributed by atoms with van der Waals surface area (Å²) in [5.41, 5.74) is 1.51. The Bertz CT molecular complexity index is 1060. The highest BCUT2D eigenvalue weighted by Gasteiger charge is 2.15. The van der Waals surface area contributed by atoms with Gasteiger partial charge < -0.3 is 9.73 Å². The molecule has 1 aromatic heterocycles. The van der Waals surface area contributed by atoms with Gasteiger partial charge in [0.15, 0.2) is 5.58 Å². The summed E-state index contributed by atoms with van der Waals surface area (Å²) in [5.74, 6) is -0.857. The smallest absolute Gasteiger partial charge is 0.408 e. The highest BCUT2D eigenvalue weighted by Crippen LogP contribution is 2.21. The Morgan fingerprint density at radius 3 is 2.42 bits per heavy atom. The van der Waals surface area contributed by atoms with Gasteiger partial charge >= 0.3 is 5.76 Å². The molecule has 1 amide bonds. The molecule has 0 saturated heterocycles. The van der Waals surface area contributed by atoms with Crippen LogP contribution in [-0.2, 0) is 14.8 Å². The van der Waals surface area contributed by atoms with Crippen LogP contribution in [0.25, 0.3) is 11.1 Å². The summed E-state index contributed by atoms with van der Waals surface area (Å²) >= 11 is 0. The topological polar surface area (TPSA) is 121 Å². The SMILES string of the molecule is CC(=O)Nc1ccc(S(=O)(=O)Nc2ccc3oc(=O)[nH]c3c2)cc1. The summed E-state index contributed by atoms with van der Waals surface area (Å²) in [6, 6.07) is 10.2. The molecule has 3 aromatic rings.